The zero-order valence-corrected chi connectivity index (χ0v) is 7.17. The predicted molar refractivity (Wildman–Crippen MR) is 41.3 cm³/mol. The van der Waals surface area contributed by atoms with Crippen LogP contribution >= 0.6 is 0 Å². The van der Waals surface area contributed by atoms with Gasteiger partial charge in [-0.2, -0.15) is 0 Å². The first-order chi connectivity index (χ1) is 5.22. The van der Waals surface area contributed by atoms with Crippen LogP contribution in [-0.2, 0) is 9.47 Å². The van der Waals surface area contributed by atoms with Crippen LogP contribution in [0.15, 0.2) is 0 Å². The van der Waals surface area contributed by atoms with Crippen LogP contribution in [0.2, 0.25) is 0 Å². The lowest BCUT2D eigenvalue weighted by molar-refractivity contribution is -0.244. The number of rotatable bonds is 1. The van der Waals surface area contributed by atoms with E-state index in [2.05, 4.69) is 18.7 Å². The number of likely N-dealkylation sites (tertiary alicyclic amines) is 1. The Bertz CT molecular complexity index is 144. The van der Waals surface area contributed by atoms with Crippen LogP contribution in [0.25, 0.3) is 0 Å². The van der Waals surface area contributed by atoms with E-state index in [0.29, 0.717) is 6.04 Å². The molecule has 2 saturated heterocycles. The van der Waals surface area contributed by atoms with Crippen molar-refractivity contribution in [2.75, 3.05) is 26.3 Å². The first-order valence-corrected chi connectivity index (χ1v) is 4.24. The molecule has 11 heavy (non-hydrogen) atoms. The summed E-state index contributed by atoms with van der Waals surface area (Å²) in [5.74, 6) is -0.204. The van der Waals surface area contributed by atoms with Gasteiger partial charge in [0.25, 0.3) is 0 Å². The minimum atomic E-state index is -0.204. The molecule has 0 amide bonds. The molecule has 2 aliphatic heterocycles. The minimum Gasteiger partial charge on any atom is -0.345 e. The highest BCUT2D eigenvalue weighted by molar-refractivity contribution is 4.93. The third-order valence-corrected chi connectivity index (χ3v) is 2.43. The number of hydrogen-bond acceptors (Lipinski definition) is 3. The summed E-state index contributed by atoms with van der Waals surface area (Å²) in [6.07, 6.45) is 0. The molecule has 0 atom stereocenters. The number of nitrogens with zero attached hydrogens (tertiary/aromatic N) is 1. The lowest BCUT2D eigenvalue weighted by atomic mass is 10.1. The van der Waals surface area contributed by atoms with Gasteiger partial charge in [0.05, 0.1) is 26.3 Å². The molecular weight excluding hydrogens is 142 g/mol. The second kappa shape index (κ2) is 2.44. The molecule has 64 valence electrons. The van der Waals surface area contributed by atoms with Crippen molar-refractivity contribution >= 4 is 0 Å². The van der Waals surface area contributed by atoms with Gasteiger partial charge in [-0.1, -0.05) is 0 Å². The van der Waals surface area contributed by atoms with Gasteiger partial charge in [-0.15, -0.1) is 0 Å². The summed E-state index contributed by atoms with van der Waals surface area (Å²) in [6, 6.07) is 0.619. The van der Waals surface area contributed by atoms with Gasteiger partial charge in [0.15, 0.2) is 5.79 Å². The maximum Gasteiger partial charge on any atom is 0.194 e. The number of hydrogen-bond donors (Lipinski definition) is 0. The van der Waals surface area contributed by atoms with Crippen molar-refractivity contribution < 1.29 is 9.47 Å². The third-order valence-electron chi connectivity index (χ3n) is 2.43. The van der Waals surface area contributed by atoms with E-state index in [4.69, 9.17) is 9.47 Å². The van der Waals surface area contributed by atoms with Crippen molar-refractivity contribution in [2.24, 2.45) is 0 Å². The van der Waals surface area contributed by atoms with Gasteiger partial charge in [0, 0.05) is 6.04 Å². The quantitative estimate of drug-likeness (QED) is 0.551. The predicted octanol–water partition coefficient (Wildman–Crippen LogP) is 0.454. The highest BCUT2D eigenvalue weighted by atomic mass is 16.7. The second-order valence-electron chi connectivity index (χ2n) is 3.61. The molecular formula is C8H15NO2. The zero-order valence-electron chi connectivity index (χ0n) is 7.17. The average molecular weight is 157 g/mol. The zero-order chi connectivity index (χ0) is 7.90. The van der Waals surface area contributed by atoms with Crippen LogP contribution in [0.5, 0.6) is 0 Å². The van der Waals surface area contributed by atoms with E-state index >= 15 is 0 Å². The third kappa shape index (κ3) is 1.17. The van der Waals surface area contributed by atoms with Gasteiger partial charge in [0.1, 0.15) is 0 Å². The molecule has 0 unspecified atom stereocenters. The summed E-state index contributed by atoms with van der Waals surface area (Å²) in [6.45, 7) is 7.83. The Morgan fingerprint density at radius 1 is 1.18 bits per heavy atom. The van der Waals surface area contributed by atoms with Crippen molar-refractivity contribution in [3.63, 3.8) is 0 Å². The Morgan fingerprint density at radius 2 is 1.73 bits per heavy atom. The molecule has 2 aliphatic rings. The maximum atomic E-state index is 5.49. The van der Waals surface area contributed by atoms with Crippen molar-refractivity contribution in [3.05, 3.63) is 0 Å². The Morgan fingerprint density at radius 3 is 2.18 bits per heavy atom. The van der Waals surface area contributed by atoms with Gasteiger partial charge in [-0.25, -0.2) is 0 Å². The topological polar surface area (TPSA) is 21.7 Å². The van der Waals surface area contributed by atoms with Crippen LogP contribution in [0, 0.1) is 0 Å². The van der Waals surface area contributed by atoms with Crippen molar-refractivity contribution in [2.45, 2.75) is 25.7 Å². The molecule has 0 aromatic heterocycles. The Kier molecular flexibility index (Phi) is 1.67. The van der Waals surface area contributed by atoms with Gasteiger partial charge >= 0.3 is 0 Å². The van der Waals surface area contributed by atoms with Gasteiger partial charge in [-0.3, -0.25) is 4.90 Å². The van der Waals surface area contributed by atoms with Crippen molar-refractivity contribution in [1.82, 2.24) is 4.90 Å². The lowest BCUT2D eigenvalue weighted by Gasteiger charge is -2.47. The molecule has 1 spiro atoms. The summed E-state index contributed by atoms with van der Waals surface area (Å²) in [4.78, 5) is 2.35. The molecule has 0 radical (unpaired) electrons. The van der Waals surface area contributed by atoms with Gasteiger partial charge in [0.2, 0.25) is 0 Å². The van der Waals surface area contributed by atoms with Crippen molar-refractivity contribution in [1.29, 1.82) is 0 Å². The van der Waals surface area contributed by atoms with Crippen LogP contribution in [0.1, 0.15) is 13.8 Å². The summed E-state index contributed by atoms with van der Waals surface area (Å²) >= 11 is 0. The molecule has 0 N–H and O–H groups in total. The molecule has 0 aliphatic carbocycles. The van der Waals surface area contributed by atoms with E-state index in [0.717, 1.165) is 26.3 Å². The molecule has 0 saturated carbocycles. The van der Waals surface area contributed by atoms with Crippen molar-refractivity contribution in [3.8, 4) is 0 Å². The highest BCUT2D eigenvalue weighted by Crippen LogP contribution is 2.31. The second-order valence-corrected chi connectivity index (χ2v) is 3.61. The largest absolute Gasteiger partial charge is 0.345 e. The van der Waals surface area contributed by atoms with E-state index < -0.39 is 0 Å². The Balaban J connectivity index is 1.86. The first kappa shape index (κ1) is 7.53. The van der Waals surface area contributed by atoms with Crippen LogP contribution in [0.4, 0.5) is 0 Å². The summed E-state index contributed by atoms with van der Waals surface area (Å²) in [5.41, 5.74) is 0. The summed E-state index contributed by atoms with van der Waals surface area (Å²) < 4.78 is 11.0. The molecule has 2 heterocycles. The molecule has 2 rings (SSSR count). The molecule has 0 aromatic carbocycles. The fourth-order valence-electron chi connectivity index (χ4n) is 1.62. The molecule has 0 aromatic rings. The molecule has 2 fully saturated rings. The molecule has 3 nitrogen and oxygen atoms in total. The standard InChI is InChI=1S/C8H15NO2/c1-7(2)9-5-8(6-9)10-3-4-11-8/h7H,3-6H2,1-2H3. The van der Waals surface area contributed by atoms with E-state index in [1.54, 1.807) is 0 Å². The summed E-state index contributed by atoms with van der Waals surface area (Å²) in [5, 5.41) is 0. The molecule has 3 heteroatoms. The monoisotopic (exact) mass is 157 g/mol. The summed E-state index contributed by atoms with van der Waals surface area (Å²) in [7, 11) is 0. The number of ether oxygens (including phenoxy) is 2. The fraction of sp³-hybridized carbons (Fsp3) is 1.00. The van der Waals surface area contributed by atoms with E-state index in [1.807, 2.05) is 0 Å². The molecule has 0 bridgehead atoms. The SMILES string of the molecule is CC(C)N1CC2(C1)OCCO2. The Labute approximate surface area is 67.3 Å². The van der Waals surface area contributed by atoms with E-state index in [1.165, 1.54) is 0 Å². The van der Waals surface area contributed by atoms with Crippen LogP contribution < -0.4 is 0 Å². The smallest absolute Gasteiger partial charge is 0.194 e. The van der Waals surface area contributed by atoms with E-state index in [-0.39, 0.29) is 5.79 Å². The Hall–Kier alpha value is -0.120. The normalized spacial score (nSPS) is 29.7. The van der Waals surface area contributed by atoms with Gasteiger partial charge < -0.3 is 9.47 Å². The average Bonchev–Trinajstić information content (AvgIpc) is 2.29. The maximum absolute atomic E-state index is 5.49. The highest BCUT2D eigenvalue weighted by Gasteiger charge is 2.48. The van der Waals surface area contributed by atoms with Gasteiger partial charge in [-0.05, 0) is 13.8 Å². The fourth-order valence-corrected chi connectivity index (χ4v) is 1.62. The van der Waals surface area contributed by atoms with Crippen LogP contribution in [-0.4, -0.2) is 43.0 Å². The lowest BCUT2D eigenvalue weighted by Crippen LogP contribution is -2.64. The first-order valence-electron chi connectivity index (χ1n) is 4.24. The van der Waals surface area contributed by atoms with E-state index in [9.17, 15) is 0 Å². The van der Waals surface area contributed by atoms with Crippen LogP contribution in [0.3, 0.4) is 0 Å². The minimum absolute atomic E-state index is 0.204.